The van der Waals surface area contributed by atoms with E-state index >= 15 is 0 Å². The molecule has 0 aliphatic heterocycles. The predicted octanol–water partition coefficient (Wildman–Crippen LogP) is 12.6. The second-order valence-corrected chi connectivity index (χ2v) is 20.3. The van der Waals surface area contributed by atoms with Crippen LogP contribution in [0, 0.1) is 0 Å². The molecule has 0 spiro atoms. The van der Waals surface area contributed by atoms with Crippen molar-refractivity contribution in [1.82, 2.24) is 9.13 Å². The number of rotatable bonds is 8. The summed E-state index contributed by atoms with van der Waals surface area (Å²) in [6.45, 7) is 0. The van der Waals surface area contributed by atoms with Crippen LogP contribution in [-0.2, 0) is 0 Å². The second-order valence-electron chi connectivity index (χ2n) is 16.4. The van der Waals surface area contributed by atoms with Gasteiger partial charge in [0.1, 0.15) is 0 Å². The fourth-order valence-corrected chi connectivity index (χ4v) is 15.1. The molecule has 0 unspecified atom stereocenters. The van der Waals surface area contributed by atoms with Crippen LogP contribution in [-0.4, -0.2) is 17.2 Å². The first-order valence-corrected chi connectivity index (χ1v) is 23.8. The van der Waals surface area contributed by atoms with Crippen LogP contribution in [0.1, 0.15) is 0 Å². The Kier molecular flexibility index (Phi) is 8.87. The molecule has 0 aliphatic rings. The molecule has 0 bridgehead atoms. The van der Waals surface area contributed by atoms with Gasteiger partial charge in [-0.3, -0.25) is 0 Å². The zero-order valence-corrected chi connectivity index (χ0v) is 35.6. The van der Waals surface area contributed by atoms with Gasteiger partial charge in [0.15, 0.2) is 8.07 Å². The Morgan fingerprint density at radius 1 is 0.254 bits per heavy atom. The average molecular weight is 819 g/mol. The molecule has 12 rings (SSSR count). The monoisotopic (exact) mass is 818 g/mol. The van der Waals surface area contributed by atoms with Crippen LogP contribution >= 0.6 is 0 Å². The summed E-state index contributed by atoms with van der Waals surface area (Å²) in [5, 5.41) is 10.4. The lowest BCUT2D eigenvalue weighted by atomic mass is 9.99. The van der Waals surface area contributed by atoms with Crippen LogP contribution in [0.3, 0.4) is 0 Å². The van der Waals surface area contributed by atoms with Crippen molar-refractivity contribution < 1.29 is 0 Å². The topological polar surface area (TPSA) is 9.86 Å². The summed E-state index contributed by atoms with van der Waals surface area (Å²) < 4.78 is 4.94. The fourth-order valence-electron chi connectivity index (χ4n) is 10.3. The van der Waals surface area contributed by atoms with Gasteiger partial charge in [0.25, 0.3) is 0 Å². The van der Waals surface area contributed by atoms with Gasteiger partial charge in [0.05, 0.1) is 22.1 Å². The summed E-state index contributed by atoms with van der Waals surface area (Å²) in [6, 6.07) is 94.3. The molecule has 0 saturated carbocycles. The lowest BCUT2D eigenvalue weighted by Crippen LogP contribution is -2.74. The van der Waals surface area contributed by atoms with Crippen LogP contribution in [0.2, 0.25) is 0 Å². The van der Waals surface area contributed by atoms with Crippen molar-refractivity contribution in [3.8, 4) is 33.6 Å². The van der Waals surface area contributed by atoms with Gasteiger partial charge in [-0.05, 0) is 91.5 Å². The summed E-state index contributed by atoms with van der Waals surface area (Å²) in [5.41, 5.74) is 11.9. The minimum atomic E-state index is -2.88. The molecule has 63 heavy (non-hydrogen) atoms. The smallest absolute Gasteiger partial charge is 0.179 e. The second kappa shape index (κ2) is 15.2. The van der Waals surface area contributed by atoms with Gasteiger partial charge >= 0.3 is 0 Å². The highest BCUT2D eigenvalue weighted by Gasteiger charge is 2.41. The maximum Gasteiger partial charge on any atom is 0.179 e. The molecule has 0 amide bonds. The van der Waals surface area contributed by atoms with E-state index < -0.39 is 8.07 Å². The lowest BCUT2D eigenvalue weighted by molar-refractivity contribution is 1.17. The number of benzene rings is 10. The minimum absolute atomic E-state index is 1.15. The Bertz CT molecular complexity index is 3500. The molecule has 0 fully saturated rings. The first-order chi connectivity index (χ1) is 31.3. The number of aromatic nitrogens is 2. The summed E-state index contributed by atoms with van der Waals surface area (Å²) in [7, 11) is -2.88. The van der Waals surface area contributed by atoms with Crippen molar-refractivity contribution in [2.75, 3.05) is 0 Å². The maximum atomic E-state index is 2.50. The highest BCUT2D eigenvalue weighted by molar-refractivity contribution is 7.19. The Balaban J connectivity index is 1.13. The van der Waals surface area contributed by atoms with Gasteiger partial charge in [-0.1, -0.05) is 206 Å². The molecule has 2 heterocycles. The van der Waals surface area contributed by atoms with E-state index in [1.165, 1.54) is 86.6 Å². The first-order valence-electron chi connectivity index (χ1n) is 21.8. The van der Waals surface area contributed by atoms with E-state index in [1.807, 2.05) is 0 Å². The Labute approximate surface area is 368 Å². The molecule has 10 aromatic carbocycles. The van der Waals surface area contributed by atoms with Gasteiger partial charge in [-0.2, -0.15) is 0 Å². The molecule has 0 aliphatic carbocycles. The summed E-state index contributed by atoms with van der Waals surface area (Å²) >= 11 is 0. The zero-order valence-electron chi connectivity index (χ0n) is 34.6. The number of fused-ring (bicyclic) bond motifs is 6. The van der Waals surface area contributed by atoms with E-state index in [0.717, 1.165) is 11.4 Å². The number of para-hydroxylation sites is 2. The predicted molar refractivity (Wildman–Crippen MR) is 270 cm³/mol. The molecule has 2 aromatic heterocycles. The standard InChI is InChI=1S/C60H42N2Si/c1-5-19-43(20-6-1)44-35-38-50(39-36-44)63(48-24-9-3-10-25-48,49-26-11-4-12-27-49)51-28-17-23-46(41-51)62-58-40-37-47(61-56-32-15-13-29-53(56)54-30-14-16-33-57(54)61)42-55(58)60-52(31-18-34-59(60)62)45-21-7-2-8-22-45/h1-42H. The van der Waals surface area contributed by atoms with Crippen LogP contribution in [0.15, 0.2) is 255 Å². The molecule has 0 saturated heterocycles. The van der Waals surface area contributed by atoms with Crippen molar-refractivity contribution in [2.45, 2.75) is 0 Å². The van der Waals surface area contributed by atoms with Crippen molar-refractivity contribution in [3.05, 3.63) is 255 Å². The molecular weight excluding hydrogens is 777 g/mol. The quantitative estimate of drug-likeness (QED) is 0.107. The Hall–Kier alpha value is -7.98. The van der Waals surface area contributed by atoms with Gasteiger partial charge in [-0.25, -0.2) is 0 Å². The van der Waals surface area contributed by atoms with Crippen LogP contribution in [0.5, 0.6) is 0 Å². The Morgan fingerprint density at radius 2 is 0.698 bits per heavy atom. The highest BCUT2D eigenvalue weighted by atomic mass is 28.3. The van der Waals surface area contributed by atoms with Crippen molar-refractivity contribution in [1.29, 1.82) is 0 Å². The molecule has 0 radical (unpaired) electrons. The molecule has 3 heteroatoms. The van der Waals surface area contributed by atoms with Gasteiger partial charge in [-0.15, -0.1) is 0 Å². The third kappa shape index (κ3) is 5.93. The molecule has 12 aromatic rings. The Morgan fingerprint density at radius 3 is 1.33 bits per heavy atom. The van der Waals surface area contributed by atoms with E-state index in [4.69, 9.17) is 0 Å². The molecule has 0 atom stereocenters. The lowest BCUT2D eigenvalue weighted by Gasteiger charge is -2.35. The summed E-state index contributed by atoms with van der Waals surface area (Å²) in [5.74, 6) is 0. The molecule has 2 nitrogen and oxygen atoms in total. The van der Waals surface area contributed by atoms with Crippen LogP contribution < -0.4 is 20.7 Å². The van der Waals surface area contributed by atoms with Gasteiger partial charge in [0.2, 0.25) is 0 Å². The summed E-state index contributed by atoms with van der Waals surface area (Å²) in [6.07, 6.45) is 0. The molecule has 0 N–H and O–H groups in total. The number of hydrogen-bond donors (Lipinski definition) is 0. The van der Waals surface area contributed by atoms with Crippen LogP contribution in [0.25, 0.3) is 77.2 Å². The summed E-state index contributed by atoms with van der Waals surface area (Å²) in [4.78, 5) is 0. The van der Waals surface area contributed by atoms with Gasteiger partial charge in [0, 0.05) is 32.9 Å². The van der Waals surface area contributed by atoms with E-state index in [0.29, 0.717) is 0 Å². The van der Waals surface area contributed by atoms with E-state index in [1.54, 1.807) is 0 Å². The largest absolute Gasteiger partial charge is 0.309 e. The van der Waals surface area contributed by atoms with Crippen LogP contribution in [0.4, 0.5) is 0 Å². The SMILES string of the molecule is c1ccc(-c2ccc([Si](c3ccccc3)(c3ccccc3)c3cccc(-n4c5ccc(-n6c7ccccc7c7ccccc76)cc5c5c(-c6ccccc6)cccc54)c3)cc2)cc1. The molecule has 296 valence electrons. The number of hydrogen-bond acceptors (Lipinski definition) is 0. The fraction of sp³-hybridized carbons (Fsp3) is 0. The third-order valence-corrected chi connectivity index (χ3v) is 17.8. The zero-order chi connectivity index (χ0) is 41.7. The number of nitrogens with zero attached hydrogens (tertiary/aromatic N) is 2. The van der Waals surface area contributed by atoms with E-state index in [9.17, 15) is 0 Å². The van der Waals surface area contributed by atoms with E-state index in [2.05, 4.69) is 264 Å². The highest BCUT2D eigenvalue weighted by Crippen LogP contribution is 2.41. The average Bonchev–Trinajstić information content (AvgIpc) is 3.88. The first kappa shape index (κ1) is 36.8. The van der Waals surface area contributed by atoms with Crippen molar-refractivity contribution in [2.24, 2.45) is 0 Å². The van der Waals surface area contributed by atoms with Gasteiger partial charge < -0.3 is 9.13 Å². The molecular formula is C60H42N2Si. The minimum Gasteiger partial charge on any atom is -0.309 e. The third-order valence-electron chi connectivity index (χ3n) is 13.1. The van der Waals surface area contributed by atoms with E-state index in [-0.39, 0.29) is 0 Å². The maximum absolute atomic E-state index is 2.88. The normalized spacial score (nSPS) is 11.8. The van der Waals surface area contributed by atoms with Crippen molar-refractivity contribution in [3.63, 3.8) is 0 Å². The van der Waals surface area contributed by atoms with Crippen molar-refractivity contribution >= 4 is 72.4 Å².